The van der Waals surface area contributed by atoms with Gasteiger partial charge in [-0.15, -0.1) is 0 Å². The molecule has 1 heterocycles. The monoisotopic (exact) mass is 249 g/mol. The predicted octanol–water partition coefficient (Wildman–Crippen LogP) is 2.91. The van der Waals surface area contributed by atoms with Crippen LogP contribution in [-0.4, -0.2) is 23.2 Å². The highest BCUT2D eigenvalue weighted by molar-refractivity contribution is 7.71. The van der Waals surface area contributed by atoms with Crippen LogP contribution in [0.3, 0.4) is 0 Å². The van der Waals surface area contributed by atoms with Crippen molar-refractivity contribution in [3.05, 3.63) is 34.0 Å². The van der Waals surface area contributed by atoms with Crippen LogP contribution >= 0.6 is 12.2 Å². The van der Waals surface area contributed by atoms with Gasteiger partial charge in [-0.2, -0.15) is 0 Å². The Morgan fingerprint density at radius 2 is 2.12 bits per heavy atom. The third-order valence-electron chi connectivity index (χ3n) is 2.57. The van der Waals surface area contributed by atoms with Gasteiger partial charge in [-0.3, -0.25) is 0 Å². The van der Waals surface area contributed by atoms with E-state index in [1.807, 2.05) is 13.0 Å². The molecule has 0 aliphatic carbocycles. The lowest BCUT2D eigenvalue weighted by Crippen LogP contribution is -2.01. The molecule has 0 saturated carbocycles. The fourth-order valence-electron chi connectivity index (χ4n) is 1.80. The zero-order valence-electron chi connectivity index (χ0n) is 9.40. The van der Waals surface area contributed by atoms with Crippen molar-refractivity contribution < 1.29 is 14.6 Å². The summed E-state index contributed by atoms with van der Waals surface area (Å²) in [5.74, 6) is -0.360. The van der Waals surface area contributed by atoms with E-state index in [1.54, 1.807) is 13.2 Å². The smallest absolute Gasteiger partial charge is 0.352 e. The van der Waals surface area contributed by atoms with Crippen LogP contribution < -0.4 is 4.74 Å². The van der Waals surface area contributed by atoms with Crippen molar-refractivity contribution >= 4 is 29.1 Å². The zero-order chi connectivity index (χ0) is 12.6. The minimum atomic E-state index is -1.03. The molecule has 0 amide bonds. The molecule has 1 aromatic carbocycles. The third-order valence-corrected chi connectivity index (χ3v) is 2.89. The molecular formula is C12H11NO3S. The minimum Gasteiger partial charge on any atom is -0.497 e. The number of carboxylic acids is 1. The summed E-state index contributed by atoms with van der Waals surface area (Å²) in [7, 11) is 1.57. The van der Waals surface area contributed by atoms with E-state index in [0.717, 1.165) is 10.9 Å². The quantitative estimate of drug-likeness (QED) is 0.803. The topological polar surface area (TPSA) is 62.3 Å². The van der Waals surface area contributed by atoms with Crippen molar-refractivity contribution in [1.82, 2.24) is 4.98 Å². The van der Waals surface area contributed by atoms with Crippen LogP contribution in [0.4, 0.5) is 0 Å². The standard InChI is InChI=1S/C12H11NO3S/c1-6-3-7(16-2)4-8-11(6)10(17)5-9(13-8)12(14)15/h3-5H,1-2H3,(H,13,17)(H,14,15). The molecule has 1 aromatic heterocycles. The number of aryl methyl sites for hydroxylation is 1. The third kappa shape index (κ3) is 2.01. The molecule has 0 unspecified atom stereocenters. The number of rotatable bonds is 2. The Morgan fingerprint density at radius 1 is 1.41 bits per heavy atom. The molecule has 0 radical (unpaired) electrons. The number of nitrogens with one attached hydrogen (secondary N) is 1. The molecule has 88 valence electrons. The van der Waals surface area contributed by atoms with E-state index in [1.165, 1.54) is 6.07 Å². The largest absolute Gasteiger partial charge is 0.497 e. The SMILES string of the molecule is COc1cc(C)c2c(=S)cc(C(=O)O)[nH]c2c1. The zero-order valence-corrected chi connectivity index (χ0v) is 10.2. The highest BCUT2D eigenvalue weighted by atomic mass is 32.1. The summed E-state index contributed by atoms with van der Waals surface area (Å²) in [6, 6.07) is 5.07. The number of methoxy groups -OCH3 is 1. The van der Waals surface area contributed by atoms with Gasteiger partial charge < -0.3 is 14.8 Å². The molecule has 0 spiro atoms. The number of ether oxygens (including phenoxy) is 1. The Bertz CT molecular complexity index is 661. The number of aromatic carboxylic acids is 1. The highest BCUT2D eigenvalue weighted by Gasteiger charge is 2.09. The molecular weight excluding hydrogens is 238 g/mol. The summed E-state index contributed by atoms with van der Waals surface area (Å²) in [4.78, 5) is 13.8. The van der Waals surface area contributed by atoms with Crippen LogP contribution in [0.15, 0.2) is 18.2 Å². The maximum absolute atomic E-state index is 10.9. The van der Waals surface area contributed by atoms with Crippen molar-refractivity contribution in [2.24, 2.45) is 0 Å². The summed E-state index contributed by atoms with van der Waals surface area (Å²) in [5, 5.41) is 9.81. The van der Waals surface area contributed by atoms with Gasteiger partial charge in [0.2, 0.25) is 0 Å². The number of benzene rings is 1. The van der Waals surface area contributed by atoms with Gasteiger partial charge in [-0.1, -0.05) is 12.2 Å². The number of aromatic nitrogens is 1. The fraction of sp³-hybridized carbons (Fsp3) is 0.167. The summed E-state index contributed by atoms with van der Waals surface area (Å²) < 4.78 is 5.67. The number of aromatic amines is 1. The number of pyridine rings is 1. The Kier molecular flexibility index (Phi) is 2.85. The van der Waals surface area contributed by atoms with Crippen molar-refractivity contribution in [3.8, 4) is 5.75 Å². The number of carboxylic acid groups (broad SMARTS) is 1. The molecule has 2 N–H and O–H groups in total. The van der Waals surface area contributed by atoms with E-state index in [4.69, 9.17) is 22.1 Å². The Balaban J connectivity index is 2.87. The first-order valence-electron chi connectivity index (χ1n) is 4.98. The van der Waals surface area contributed by atoms with Gasteiger partial charge in [0.05, 0.1) is 12.6 Å². The first kappa shape index (κ1) is 11.6. The summed E-state index contributed by atoms with van der Waals surface area (Å²) in [6.07, 6.45) is 0. The van der Waals surface area contributed by atoms with Gasteiger partial charge in [-0.05, 0) is 24.6 Å². The molecule has 0 aliphatic rings. The average molecular weight is 249 g/mol. The maximum atomic E-state index is 10.9. The molecule has 0 bridgehead atoms. The van der Waals surface area contributed by atoms with Crippen LogP contribution in [0.1, 0.15) is 16.1 Å². The van der Waals surface area contributed by atoms with Crippen molar-refractivity contribution in [3.63, 3.8) is 0 Å². The second-order valence-electron chi connectivity index (χ2n) is 3.72. The second-order valence-corrected chi connectivity index (χ2v) is 4.16. The lowest BCUT2D eigenvalue weighted by molar-refractivity contribution is 0.0691. The van der Waals surface area contributed by atoms with Crippen LogP contribution in [-0.2, 0) is 0 Å². The summed E-state index contributed by atoms with van der Waals surface area (Å²) in [6.45, 7) is 1.91. The van der Waals surface area contributed by atoms with Crippen molar-refractivity contribution in [2.75, 3.05) is 7.11 Å². The van der Waals surface area contributed by atoms with E-state index >= 15 is 0 Å². The number of fused-ring (bicyclic) bond motifs is 1. The van der Waals surface area contributed by atoms with Crippen LogP contribution in [0.25, 0.3) is 10.9 Å². The van der Waals surface area contributed by atoms with Gasteiger partial charge in [-0.25, -0.2) is 4.79 Å². The lowest BCUT2D eigenvalue weighted by Gasteiger charge is -2.07. The Hall–Kier alpha value is -1.88. The lowest BCUT2D eigenvalue weighted by atomic mass is 10.1. The Labute approximate surface area is 103 Å². The minimum absolute atomic E-state index is 0.0788. The number of hydrogen-bond donors (Lipinski definition) is 2. The predicted molar refractivity (Wildman–Crippen MR) is 67.4 cm³/mol. The second kappa shape index (κ2) is 4.18. The van der Waals surface area contributed by atoms with Crippen LogP contribution in [0.5, 0.6) is 5.75 Å². The van der Waals surface area contributed by atoms with E-state index in [9.17, 15) is 4.79 Å². The molecule has 17 heavy (non-hydrogen) atoms. The molecule has 2 rings (SSSR count). The van der Waals surface area contributed by atoms with Crippen molar-refractivity contribution in [1.29, 1.82) is 0 Å². The van der Waals surface area contributed by atoms with Crippen LogP contribution in [0.2, 0.25) is 0 Å². The van der Waals surface area contributed by atoms with Crippen LogP contribution in [0, 0.1) is 11.4 Å². The Morgan fingerprint density at radius 3 is 2.71 bits per heavy atom. The number of carbonyl (C=O) groups is 1. The molecule has 0 atom stereocenters. The molecule has 0 fully saturated rings. The normalized spacial score (nSPS) is 10.5. The van der Waals surface area contributed by atoms with Gasteiger partial charge in [0.1, 0.15) is 11.4 Å². The van der Waals surface area contributed by atoms with Gasteiger partial charge in [0, 0.05) is 16.0 Å². The number of hydrogen-bond acceptors (Lipinski definition) is 3. The summed E-state index contributed by atoms with van der Waals surface area (Å²) in [5.41, 5.74) is 1.71. The van der Waals surface area contributed by atoms with E-state index in [2.05, 4.69) is 4.98 Å². The van der Waals surface area contributed by atoms with E-state index in [0.29, 0.717) is 15.8 Å². The van der Waals surface area contributed by atoms with E-state index in [-0.39, 0.29) is 5.69 Å². The average Bonchev–Trinajstić information content (AvgIpc) is 2.27. The van der Waals surface area contributed by atoms with Crippen molar-refractivity contribution in [2.45, 2.75) is 6.92 Å². The van der Waals surface area contributed by atoms with E-state index < -0.39 is 5.97 Å². The molecule has 5 heteroatoms. The summed E-state index contributed by atoms with van der Waals surface area (Å²) >= 11 is 5.20. The highest BCUT2D eigenvalue weighted by Crippen LogP contribution is 2.25. The number of H-pyrrole nitrogens is 1. The first-order valence-corrected chi connectivity index (χ1v) is 5.38. The fourth-order valence-corrected chi connectivity index (χ4v) is 2.19. The van der Waals surface area contributed by atoms with Gasteiger partial charge >= 0.3 is 5.97 Å². The molecule has 4 nitrogen and oxygen atoms in total. The van der Waals surface area contributed by atoms with Gasteiger partial charge in [0.25, 0.3) is 0 Å². The molecule has 2 aromatic rings. The first-order chi connectivity index (χ1) is 8.02. The molecule has 0 saturated heterocycles. The van der Waals surface area contributed by atoms with Gasteiger partial charge in [0.15, 0.2) is 0 Å². The molecule has 0 aliphatic heterocycles. The maximum Gasteiger partial charge on any atom is 0.352 e.